The van der Waals surface area contributed by atoms with Crippen LogP contribution in [0.2, 0.25) is 0 Å². The van der Waals surface area contributed by atoms with E-state index >= 15 is 0 Å². The lowest BCUT2D eigenvalue weighted by Crippen LogP contribution is -2.14. The van der Waals surface area contributed by atoms with Crippen LogP contribution in [0.4, 0.5) is 5.00 Å². The molecule has 6 heteroatoms. The Morgan fingerprint density at radius 3 is 2.24 bits per heavy atom. The molecule has 0 spiro atoms. The van der Waals surface area contributed by atoms with E-state index in [0.717, 1.165) is 4.88 Å². The molecule has 0 aliphatic rings. The normalized spacial score (nSPS) is 10.8. The molecule has 1 aromatic carbocycles. The molecule has 0 atom stereocenters. The first-order chi connectivity index (χ1) is 11.8. The van der Waals surface area contributed by atoms with E-state index in [1.165, 1.54) is 18.4 Å². The summed E-state index contributed by atoms with van der Waals surface area (Å²) in [5, 5.41) is 3.32. The van der Waals surface area contributed by atoms with Crippen molar-refractivity contribution in [3.8, 4) is 5.75 Å². The maximum atomic E-state index is 12.5. The second-order valence-electron chi connectivity index (χ2n) is 6.18. The third-order valence-corrected chi connectivity index (χ3v) is 4.79. The summed E-state index contributed by atoms with van der Waals surface area (Å²) in [6.45, 7) is 7.95. The highest BCUT2D eigenvalue weighted by molar-refractivity contribution is 7.16. The van der Waals surface area contributed by atoms with Crippen molar-refractivity contribution < 1.29 is 19.1 Å². The first kappa shape index (κ1) is 19.0. The van der Waals surface area contributed by atoms with E-state index in [4.69, 9.17) is 9.47 Å². The third-order valence-electron chi connectivity index (χ3n) is 3.44. The van der Waals surface area contributed by atoms with Gasteiger partial charge in [-0.15, -0.1) is 11.3 Å². The SMILES string of the molecule is COC(=O)c1cc(C(C)C)sc1NC(=O)c1ccc(OC(C)C)cc1. The summed E-state index contributed by atoms with van der Waals surface area (Å²) in [6, 6.07) is 8.67. The Kier molecular flexibility index (Phi) is 6.20. The maximum Gasteiger partial charge on any atom is 0.340 e. The molecule has 134 valence electrons. The van der Waals surface area contributed by atoms with E-state index in [1.54, 1.807) is 30.3 Å². The minimum atomic E-state index is -0.459. The summed E-state index contributed by atoms with van der Waals surface area (Å²) in [6.07, 6.45) is 0.0721. The Balaban J connectivity index is 2.20. The largest absolute Gasteiger partial charge is 0.491 e. The zero-order valence-electron chi connectivity index (χ0n) is 15.1. The zero-order chi connectivity index (χ0) is 18.6. The molecule has 25 heavy (non-hydrogen) atoms. The second-order valence-corrected chi connectivity index (χ2v) is 7.27. The zero-order valence-corrected chi connectivity index (χ0v) is 15.9. The molecule has 0 aliphatic heterocycles. The van der Waals surface area contributed by atoms with Gasteiger partial charge in [0.25, 0.3) is 5.91 Å². The fourth-order valence-electron chi connectivity index (χ4n) is 2.18. The van der Waals surface area contributed by atoms with Crippen molar-refractivity contribution in [2.75, 3.05) is 12.4 Å². The number of anilines is 1. The van der Waals surface area contributed by atoms with Gasteiger partial charge in [-0.3, -0.25) is 4.79 Å². The van der Waals surface area contributed by atoms with Crippen molar-refractivity contribution in [2.24, 2.45) is 0 Å². The smallest absolute Gasteiger partial charge is 0.340 e. The molecule has 0 unspecified atom stereocenters. The molecular formula is C19H23NO4S. The van der Waals surface area contributed by atoms with Crippen LogP contribution < -0.4 is 10.1 Å². The second kappa shape index (κ2) is 8.16. The highest BCUT2D eigenvalue weighted by Gasteiger charge is 2.20. The van der Waals surface area contributed by atoms with Gasteiger partial charge in [0.05, 0.1) is 18.8 Å². The van der Waals surface area contributed by atoms with Crippen LogP contribution in [0.5, 0.6) is 5.75 Å². The lowest BCUT2D eigenvalue weighted by atomic mass is 10.1. The number of rotatable bonds is 6. The molecule has 5 nitrogen and oxygen atoms in total. The Hall–Kier alpha value is -2.34. The lowest BCUT2D eigenvalue weighted by molar-refractivity contribution is 0.0602. The Morgan fingerprint density at radius 1 is 1.08 bits per heavy atom. The average molecular weight is 361 g/mol. The molecule has 0 radical (unpaired) electrons. The van der Waals surface area contributed by atoms with Crippen LogP contribution in [0, 0.1) is 0 Å². The lowest BCUT2D eigenvalue weighted by Gasteiger charge is -2.10. The number of nitrogens with one attached hydrogen (secondary N) is 1. The summed E-state index contributed by atoms with van der Waals surface area (Å²) in [4.78, 5) is 25.5. The first-order valence-corrected chi connectivity index (χ1v) is 8.93. The van der Waals surface area contributed by atoms with Crippen molar-refractivity contribution >= 4 is 28.2 Å². The summed E-state index contributed by atoms with van der Waals surface area (Å²) in [7, 11) is 1.33. The van der Waals surface area contributed by atoms with E-state index in [-0.39, 0.29) is 17.9 Å². The quantitative estimate of drug-likeness (QED) is 0.758. The van der Waals surface area contributed by atoms with Crippen LogP contribution in [-0.4, -0.2) is 25.1 Å². The summed E-state index contributed by atoms with van der Waals surface area (Å²) >= 11 is 1.39. The number of carbonyl (C=O) groups excluding carboxylic acids is 2. The number of benzene rings is 1. The molecule has 1 aromatic heterocycles. The minimum Gasteiger partial charge on any atom is -0.491 e. The number of thiophene rings is 1. The van der Waals surface area contributed by atoms with Gasteiger partial charge in [-0.25, -0.2) is 4.79 Å². The number of hydrogen-bond donors (Lipinski definition) is 1. The summed E-state index contributed by atoms with van der Waals surface area (Å²) in [5.74, 6) is 0.226. The molecule has 2 rings (SSSR count). The first-order valence-electron chi connectivity index (χ1n) is 8.12. The monoisotopic (exact) mass is 361 g/mol. The van der Waals surface area contributed by atoms with Crippen molar-refractivity contribution in [3.63, 3.8) is 0 Å². The molecule has 1 N–H and O–H groups in total. The number of carbonyl (C=O) groups is 2. The van der Waals surface area contributed by atoms with Gasteiger partial charge in [0.2, 0.25) is 0 Å². The highest BCUT2D eigenvalue weighted by Crippen LogP contribution is 2.33. The van der Waals surface area contributed by atoms with Gasteiger partial charge in [-0.05, 0) is 50.1 Å². The summed E-state index contributed by atoms with van der Waals surface area (Å²) in [5.41, 5.74) is 0.871. The predicted molar refractivity (Wildman–Crippen MR) is 99.9 cm³/mol. The molecule has 0 bridgehead atoms. The average Bonchev–Trinajstić information content (AvgIpc) is 2.98. The fraction of sp³-hybridized carbons (Fsp3) is 0.368. The van der Waals surface area contributed by atoms with E-state index in [2.05, 4.69) is 5.32 Å². The topological polar surface area (TPSA) is 64.6 Å². The van der Waals surface area contributed by atoms with Crippen molar-refractivity contribution in [1.82, 2.24) is 0 Å². The van der Waals surface area contributed by atoms with Gasteiger partial charge < -0.3 is 14.8 Å². The molecule has 1 amide bonds. The van der Waals surface area contributed by atoms with E-state index in [1.807, 2.05) is 27.7 Å². The Bertz CT molecular complexity index is 747. The van der Waals surface area contributed by atoms with Crippen molar-refractivity contribution in [3.05, 3.63) is 46.3 Å². The van der Waals surface area contributed by atoms with E-state index in [0.29, 0.717) is 21.9 Å². The standard InChI is InChI=1S/C19H23NO4S/c1-11(2)16-10-15(19(22)23-5)18(25-16)20-17(21)13-6-8-14(9-7-13)24-12(3)4/h6-12H,1-5H3,(H,20,21). The number of hydrogen-bond acceptors (Lipinski definition) is 5. The molecular weight excluding hydrogens is 338 g/mol. The molecule has 0 saturated carbocycles. The van der Waals surface area contributed by atoms with E-state index in [9.17, 15) is 9.59 Å². The van der Waals surface area contributed by atoms with Gasteiger partial charge >= 0.3 is 5.97 Å². The van der Waals surface area contributed by atoms with Gasteiger partial charge in [-0.2, -0.15) is 0 Å². The minimum absolute atomic E-state index is 0.0721. The molecule has 1 heterocycles. The van der Waals surface area contributed by atoms with Crippen molar-refractivity contribution in [2.45, 2.75) is 39.7 Å². The van der Waals surface area contributed by atoms with E-state index < -0.39 is 5.97 Å². The molecule has 0 fully saturated rings. The van der Waals surface area contributed by atoms with Crippen LogP contribution >= 0.6 is 11.3 Å². The van der Waals surface area contributed by atoms with Crippen LogP contribution in [0.25, 0.3) is 0 Å². The number of amides is 1. The van der Waals surface area contributed by atoms with Gasteiger partial charge in [0.15, 0.2) is 0 Å². The highest BCUT2D eigenvalue weighted by atomic mass is 32.1. The van der Waals surface area contributed by atoms with Gasteiger partial charge in [0.1, 0.15) is 10.8 Å². The van der Waals surface area contributed by atoms with Crippen LogP contribution in [0.3, 0.4) is 0 Å². The van der Waals surface area contributed by atoms with Crippen LogP contribution in [0.1, 0.15) is 59.2 Å². The van der Waals surface area contributed by atoms with Crippen molar-refractivity contribution in [1.29, 1.82) is 0 Å². The van der Waals surface area contributed by atoms with Crippen LogP contribution in [-0.2, 0) is 4.74 Å². The third kappa shape index (κ3) is 4.82. The molecule has 0 aliphatic carbocycles. The maximum absolute atomic E-state index is 12.5. The van der Waals surface area contributed by atoms with Gasteiger partial charge in [0, 0.05) is 10.4 Å². The number of ether oxygens (including phenoxy) is 2. The number of methoxy groups -OCH3 is 1. The van der Waals surface area contributed by atoms with Gasteiger partial charge in [-0.1, -0.05) is 13.8 Å². The van der Waals surface area contributed by atoms with Crippen LogP contribution in [0.15, 0.2) is 30.3 Å². The summed E-state index contributed by atoms with van der Waals surface area (Å²) < 4.78 is 10.4. The molecule has 0 saturated heterocycles. The predicted octanol–water partition coefficient (Wildman–Crippen LogP) is 4.70. The Labute approximate surface area is 152 Å². The fourth-order valence-corrected chi connectivity index (χ4v) is 3.23. The molecule has 2 aromatic rings. The Morgan fingerprint density at radius 2 is 1.72 bits per heavy atom. The number of esters is 1.